The van der Waals surface area contributed by atoms with Gasteiger partial charge in [0.1, 0.15) is 5.82 Å². The van der Waals surface area contributed by atoms with Crippen LogP contribution in [0.2, 0.25) is 0 Å². The number of hydrogen-bond acceptors (Lipinski definition) is 3. The molecule has 0 aromatic heterocycles. The zero-order chi connectivity index (χ0) is 15.2. The van der Waals surface area contributed by atoms with Gasteiger partial charge < -0.3 is 15.8 Å². The summed E-state index contributed by atoms with van der Waals surface area (Å²) in [4.78, 5) is 10.9. The monoisotopic (exact) mass is 282 g/mol. The van der Waals surface area contributed by atoms with Gasteiger partial charge in [0.15, 0.2) is 0 Å². The van der Waals surface area contributed by atoms with E-state index in [1.54, 1.807) is 19.2 Å². The molecule has 0 unspecified atom stereocenters. The summed E-state index contributed by atoms with van der Waals surface area (Å²) in [5.74, 6) is -1.03. The van der Waals surface area contributed by atoms with Gasteiger partial charge in [-0.1, -0.05) is 19.9 Å². The van der Waals surface area contributed by atoms with E-state index in [0.29, 0.717) is 18.7 Å². The van der Waals surface area contributed by atoms with Crippen LogP contribution in [0.25, 0.3) is 0 Å². The van der Waals surface area contributed by atoms with Crippen LogP contribution >= 0.6 is 0 Å². The Balaban J connectivity index is 2.52. The van der Waals surface area contributed by atoms with Crippen LogP contribution in [0.1, 0.15) is 36.2 Å². The summed E-state index contributed by atoms with van der Waals surface area (Å²) in [7, 11) is 1.68. The highest BCUT2D eigenvalue weighted by Crippen LogP contribution is 2.19. The average Bonchev–Trinajstić information content (AvgIpc) is 2.38. The number of hydrogen-bond donors (Lipinski definition) is 2. The van der Waals surface area contributed by atoms with Gasteiger partial charge in [0.25, 0.3) is 0 Å². The molecule has 112 valence electrons. The van der Waals surface area contributed by atoms with Crippen molar-refractivity contribution in [2.24, 2.45) is 11.1 Å². The van der Waals surface area contributed by atoms with Gasteiger partial charge in [0.2, 0.25) is 5.91 Å². The molecule has 0 saturated heterocycles. The predicted molar refractivity (Wildman–Crippen MR) is 76.9 cm³/mol. The Morgan fingerprint density at radius 1 is 1.45 bits per heavy atom. The second-order valence-electron chi connectivity index (χ2n) is 5.68. The highest BCUT2D eigenvalue weighted by Gasteiger charge is 2.17. The summed E-state index contributed by atoms with van der Waals surface area (Å²) in [6, 6.07) is 4.30. The molecule has 1 aromatic carbocycles. The fourth-order valence-electron chi connectivity index (χ4n) is 1.85. The van der Waals surface area contributed by atoms with E-state index in [1.807, 2.05) is 0 Å². The molecule has 3 N–H and O–H groups in total. The smallest absolute Gasteiger partial charge is 0.248 e. The second kappa shape index (κ2) is 7.36. The molecule has 4 nitrogen and oxygen atoms in total. The van der Waals surface area contributed by atoms with E-state index < -0.39 is 11.7 Å². The molecule has 1 rings (SSSR count). The molecule has 0 aliphatic carbocycles. The minimum atomic E-state index is -0.621. The topological polar surface area (TPSA) is 64.3 Å². The Hall–Kier alpha value is -1.46. The van der Waals surface area contributed by atoms with Crippen molar-refractivity contribution < 1.29 is 13.9 Å². The van der Waals surface area contributed by atoms with Crippen LogP contribution in [-0.2, 0) is 11.3 Å². The van der Waals surface area contributed by atoms with E-state index in [4.69, 9.17) is 10.5 Å². The number of ether oxygens (including phenoxy) is 1. The molecule has 0 spiro atoms. The minimum Gasteiger partial charge on any atom is -0.385 e. The van der Waals surface area contributed by atoms with Gasteiger partial charge in [-0.05, 0) is 24.0 Å². The van der Waals surface area contributed by atoms with Crippen LogP contribution in [0, 0.1) is 11.2 Å². The second-order valence-corrected chi connectivity index (χ2v) is 5.68. The molecule has 1 amide bonds. The normalized spacial score (nSPS) is 11.6. The van der Waals surface area contributed by atoms with Gasteiger partial charge in [-0.15, -0.1) is 0 Å². The minimum absolute atomic E-state index is 0.0830. The van der Waals surface area contributed by atoms with Crippen molar-refractivity contribution in [2.45, 2.75) is 26.8 Å². The molecule has 20 heavy (non-hydrogen) atoms. The quantitative estimate of drug-likeness (QED) is 0.767. The molecule has 0 atom stereocenters. The standard InChI is InChI=1S/C15H23FN2O2/c1-15(2,6-7-20-3)10-18-9-12-5-4-11(14(17)19)8-13(12)16/h4-5,8,18H,6-7,9-10H2,1-3H3,(H2,17,19). The summed E-state index contributed by atoms with van der Waals surface area (Å²) in [5, 5.41) is 3.23. The van der Waals surface area contributed by atoms with E-state index in [0.717, 1.165) is 13.0 Å². The summed E-state index contributed by atoms with van der Waals surface area (Å²) in [5.41, 5.74) is 5.90. The van der Waals surface area contributed by atoms with E-state index >= 15 is 0 Å². The van der Waals surface area contributed by atoms with Crippen LogP contribution in [0.3, 0.4) is 0 Å². The summed E-state index contributed by atoms with van der Waals surface area (Å²) >= 11 is 0. The number of primary amides is 1. The van der Waals surface area contributed by atoms with Crippen molar-refractivity contribution in [2.75, 3.05) is 20.3 Å². The zero-order valence-electron chi connectivity index (χ0n) is 12.3. The third-order valence-corrected chi connectivity index (χ3v) is 3.24. The summed E-state index contributed by atoms with van der Waals surface area (Å²) in [6.07, 6.45) is 0.930. The van der Waals surface area contributed by atoms with Crippen molar-refractivity contribution >= 4 is 5.91 Å². The number of nitrogens with one attached hydrogen (secondary N) is 1. The molecule has 0 saturated carbocycles. The number of benzene rings is 1. The molecule has 0 radical (unpaired) electrons. The van der Waals surface area contributed by atoms with Gasteiger partial charge in [-0.2, -0.15) is 0 Å². The Morgan fingerprint density at radius 3 is 2.70 bits per heavy atom. The van der Waals surface area contributed by atoms with E-state index in [1.165, 1.54) is 6.07 Å². The highest BCUT2D eigenvalue weighted by atomic mass is 19.1. The molecule has 0 heterocycles. The van der Waals surface area contributed by atoms with Crippen molar-refractivity contribution in [3.8, 4) is 0 Å². The number of carbonyl (C=O) groups is 1. The lowest BCUT2D eigenvalue weighted by Gasteiger charge is -2.24. The number of methoxy groups -OCH3 is 1. The fourth-order valence-corrected chi connectivity index (χ4v) is 1.85. The number of carbonyl (C=O) groups excluding carboxylic acids is 1. The Morgan fingerprint density at radius 2 is 2.15 bits per heavy atom. The van der Waals surface area contributed by atoms with Crippen LogP contribution in [0.5, 0.6) is 0 Å². The van der Waals surface area contributed by atoms with Crippen molar-refractivity contribution in [3.63, 3.8) is 0 Å². The first-order valence-electron chi connectivity index (χ1n) is 6.63. The van der Waals surface area contributed by atoms with Crippen LogP contribution < -0.4 is 11.1 Å². The van der Waals surface area contributed by atoms with Crippen molar-refractivity contribution in [3.05, 3.63) is 35.1 Å². The zero-order valence-corrected chi connectivity index (χ0v) is 12.3. The summed E-state index contributed by atoms with van der Waals surface area (Å²) in [6.45, 7) is 6.14. The van der Waals surface area contributed by atoms with Crippen LogP contribution in [-0.4, -0.2) is 26.2 Å². The van der Waals surface area contributed by atoms with Crippen LogP contribution in [0.15, 0.2) is 18.2 Å². The lowest BCUT2D eigenvalue weighted by atomic mass is 9.89. The third kappa shape index (κ3) is 5.27. The highest BCUT2D eigenvalue weighted by molar-refractivity contribution is 5.92. The first-order valence-corrected chi connectivity index (χ1v) is 6.63. The van der Waals surface area contributed by atoms with Crippen molar-refractivity contribution in [1.29, 1.82) is 0 Å². The first kappa shape index (κ1) is 16.6. The fraction of sp³-hybridized carbons (Fsp3) is 0.533. The molecule has 0 aliphatic rings. The number of halogens is 1. The number of nitrogens with two attached hydrogens (primary N) is 1. The lowest BCUT2D eigenvalue weighted by Crippen LogP contribution is -2.30. The SMILES string of the molecule is COCCC(C)(C)CNCc1ccc(C(N)=O)cc1F. The van der Waals surface area contributed by atoms with Gasteiger partial charge in [-0.25, -0.2) is 4.39 Å². The molecule has 0 bridgehead atoms. The first-order chi connectivity index (χ1) is 9.35. The van der Waals surface area contributed by atoms with Crippen molar-refractivity contribution in [1.82, 2.24) is 5.32 Å². The molecule has 0 fully saturated rings. The lowest BCUT2D eigenvalue weighted by molar-refractivity contribution is 0.1000. The van der Waals surface area contributed by atoms with E-state index in [9.17, 15) is 9.18 Å². The van der Waals surface area contributed by atoms with Gasteiger partial charge in [-0.3, -0.25) is 4.79 Å². The average molecular weight is 282 g/mol. The third-order valence-electron chi connectivity index (χ3n) is 3.24. The predicted octanol–water partition coefficient (Wildman–Crippen LogP) is 2.08. The molecule has 5 heteroatoms. The van der Waals surface area contributed by atoms with E-state index in [-0.39, 0.29) is 11.0 Å². The summed E-state index contributed by atoms with van der Waals surface area (Å²) < 4.78 is 18.8. The number of amides is 1. The van der Waals surface area contributed by atoms with Gasteiger partial charge in [0, 0.05) is 37.9 Å². The maximum atomic E-state index is 13.8. The van der Waals surface area contributed by atoms with Crippen LogP contribution in [0.4, 0.5) is 4.39 Å². The van der Waals surface area contributed by atoms with E-state index in [2.05, 4.69) is 19.2 Å². The number of rotatable bonds is 8. The maximum Gasteiger partial charge on any atom is 0.248 e. The molecular weight excluding hydrogens is 259 g/mol. The molecular formula is C15H23FN2O2. The van der Waals surface area contributed by atoms with Gasteiger partial charge >= 0.3 is 0 Å². The Kier molecular flexibility index (Phi) is 6.10. The maximum absolute atomic E-state index is 13.8. The molecule has 0 aliphatic heterocycles. The molecule has 1 aromatic rings. The Bertz CT molecular complexity index is 461. The van der Waals surface area contributed by atoms with Gasteiger partial charge in [0.05, 0.1) is 0 Å². The largest absolute Gasteiger partial charge is 0.385 e. The Labute approximate surface area is 119 Å².